The molecule has 2 aliphatic heterocycles. The second-order valence-corrected chi connectivity index (χ2v) is 5.10. The van der Waals surface area contributed by atoms with E-state index >= 15 is 0 Å². The largest absolute Gasteiger partial charge is 0.374 e. The van der Waals surface area contributed by atoms with Crippen LogP contribution in [0, 0.1) is 5.92 Å². The Morgan fingerprint density at radius 3 is 2.67 bits per heavy atom. The van der Waals surface area contributed by atoms with Crippen LogP contribution in [0.3, 0.4) is 0 Å². The van der Waals surface area contributed by atoms with E-state index in [1.807, 2.05) is 0 Å². The van der Waals surface area contributed by atoms with Crippen molar-refractivity contribution in [2.24, 2.45) is 5.92 Å². The molecule has 0 amide bonds. The average molecular weight is 186 g/mol. The molecule has 0 saturated carbocycles. The highest BCUT2D eigenvalue weighted by Crippen LogP contribution is 2.45. The van der Waals surface area contributed by atoms with Crippen molar-refractivity contribution in [3.8, 4) is 0 Å². The van der Waals surface area contributed by atoms with Crippen LogP contribution >= 0.6 is 11.8 Å². The highest BCUT2D eigenvalue weighted by atomic mass is 32.2. The molecule has 2 rings (SSSR count). The predicted octanol–water partition coefficient (Wildman–Crippen LogP) is 2.70. The smallest absolute Gasteiger partial charge is 0.0698 e. The Hall–Kier alpha value is 0.310. The van der Waals surface area contributed by atoms with E-state index in [1.54, 1.807) is 0 Å². The van der Waals surface area contributed by atoms with E-state index in [-0.39, 0.29) is 0 Å². The van der Waals surface area contributed by atoms with Gasteiger partial charge in [0.25, 0.3) is 0 Å². The summed E-state index contributed by atoms with van der Waals surface area (Å²) in [7, 11) is 0. The SMILES string of the molecule is CCC1OC(CC)C2SCCC12. The Balaban J connectivity index is 2.05. The van der Waals surface area contributed by atoms with E-state index in [0.29, 0.717) is 12.2 Å². The second-order valence-electron chi connectivity index (χ2n) is 3.82. The van der Waals surface area contributed by atoms with Crippen molar-refractivity contribution >= 4 is 11.8 Å². The van der Waals surface area contributed by atoms with Gasteiger partial charge >= 0.3 is 0 Å². The standard InChI is InChI=1S/C10H18OS/c1-3-8-7-5-6-12-10(7)9(4-2)11-8/h7-10H,3-6H2,1-2H3. The molecule has 1 nitrogen and oxygen atoms in total. The van der Waals surface area contributed by atoms with Crippen LogP contribution in [0.4, 0.5) is 0 Å². The molecule has 2 saturated heterocycles. The quantitative estimate of drug-likeness (QED) is 0.656. The maximum Gasteiger partial charge on any atom is 0.0698 e. The zero-order valence-corrected chi connectivity index (χ0v) is 8.77. The summed E-state index contributed by atoms with van der Waals surface area (Å²) in [5.41, 5.74) is 0. The maximum atomic E-state index is 6.01. The predicted molar refractivity (Wildman–Crippen MR) is 53.6 cm³/mol. The molecule has 4 atom stereocenters. The minimum atomic E-state index is 0.562. The molecule has 0 radical (unpaired) electrons. The number of rotatable bonds is 2. The van der Waals surface area contributed by atoms with Gasteiger partial charge in [0.15, 0.2) is 0 Å². The number of ether oxygens (including phenoxy) is 1. The van der Waals surface area contributed by atoms with Crippen molar-refractivity contribution in [3.63, 3.8) is 0 Å². The van der Waals surface area contributed by atoms with Crippen LogP contribution < -0.4 is 0 Å². The van der Waals surface area contributed by atoms with Gasteiger partial charge in [0, 0.05) is 11.2 Å². The molecular weight excluding hydrogens is 168 g/mol. The van der Waals surface area contributed by atoms with Crippen molar-refractivity contribution in [1.82, 2.24) is 0 Å². The van der Waals surface area contributed by atoms with Crippen LogP contribution in [0.1, 0.15) is 33.1 Å². The molecule has 0 bridgehead atoms. The molecular formula is C10H18OS. The summed E-state index contributed by atoms with van der Waals surface area (Å²) in [6.45, 7) is 4.50. The number of thioether (sulfide) groups is 1. The molecule has 2 heterocycles. The zero-order valence-electron chi connectivity index (χ0n) is 7.95. The Bertz CT molecular complexity index is 144. The monoisotopic (exact) mass is 186 g/mol. The van der Waals surface area contributed by atoms with Crippen LogP contribution in [-0.4, -0.2) is 23.2 Å². The summed E-state index contributed by atoms with van der Waals surface area (Å²) in [6, 6.07) is 0. The van der Waals surface area contributed by atoms with Gasteiger partial charge in [-0.05, 0) is 25.0 Å². The first kappa shape index (κ1) is 8.89. The maximum absolute atomic E-state index is 6.01. The summed E-state index contributed by atoms with van der Waals surface area (Å²) < 4.78 is 6.01. The molecule has 0 aliphatic carbocycles. The fourth-order valence-electron chi connectivity index (χ4n) is 2.54. The van der Waals surface area contributed by atoms with Crippen LogP contribution in [0.2, 0.25) is 0 Å². The van der Waals surface area contributed by atoms with Crippen molar-refractivity contribution in [3.05, 3.63) is 0 Å². The lowest BCUT2D eigenvalue weighted by atomic mass is 9.94. The fraction of sp³-hybridized carbons (Fsp3) is 1.00. The summed E-state index contributed by atoms with van der Waals surface area (Å²) in [5, 5.41) is 0.833. The van der Waals surface area contributed by atoms with Crippen molar-refractivity contribution < 1.29 is 4.74 Å². The first-order chi connectivity index (χ1) is 5.86. The van der Waals surface area contributed by atoms with Gasteiger partial charge in [-0.25, -0.2) is 0 Å². The fourth-order valence-corrected chi connectivity index (χ4v) is 4.25. The summed E-state index contributed by atoms with van der Waals surface area (Å²) in [4.78, 5) is 0. The van der Waals surface area contributed by atoms with Gasteiger partial charge in [-0.15, -0.1) is 0 Å². The zero-order chi connectivity index (χ0) is 8.55. The van der Waals surface area contributed by atoms with E-state index in [1.165, 1.54) is 25.0 Å². The highest BCUT2D eigenvalue weighted by Gasteiger charge is 2.45. The van der Waals surface area contributed by atoms with Crippen molar-refractivity contribution in [1.29, 1.82) is 0 Å². The van der Waals surface area contributed by atoms with E-state index in [0.717, 1.165) is 11.2 Å². The Kier molecular flexibility index (Phi) is 2.66. The van der Waals surface area contributed by atoms with Gasteiger partial charge in [0.05, 0.1) is 12.2 Å². The lowest BCUT2D eigenvalue weighted by molar-refractivity contribution is 0.0305. The Morgan fingerprint density at radius 2 is 2.00 bits per heavy atom. The number of hydrogen-bond donors (Lipinski definition) is 0. The number of fused-ring (bicyclic) bond motifs is 1. The first-order valence-electron chi connectivity index (χ1n) is 5.13. The van der Waals surface area contributed by atoms with Gasteiger partial charge in [0.2, 0.25) is 0 Å². The summed E-state index contributed by atoms with van der Waals surface area (Å²) in [6.07, 6.45) is 4.94. The molecule has 2 aliphatic rings. The van der Waals surface area contributed by atoms with Crippen molar-refractivity contribution in [2.45, 2.75) is 50.6 Å². The average Bonchev–Trinajstić information content (AvgIpc) is 2.63. The molecule has 0 spiro atoms. The first-order valence-corrected chi connectivity index (χ1v) is 6.18. The van der Waals surface area contributed by atoms with Crippen LogP contribution in [0.5, 0.6) is 0 Å². The third-order valence-electron chi connectivity index (χ3n) is 3.18. The van der Waals surface area contributed by atoms with Gasteiger partial charge in [-0.1, -0.05) is 13.8 Å². The minimum Gasteiger partial charge on any atom is -0.374 e. The van der Waals surface area contributed by atoms with Crippen LogP contribution in [0.25, 0.3) is 0 Å². The van der Waals surface area contributed by atoms with E-state index in [9.17, 15) is 0 Å². The molecule has 12 heavy (non-hydrogen) atoms. The molecule has 0 N–H and O–H groups in total. The van der Waals surface area contributed by atoms with Crippen molar-refractivity contribution in [2.75, 3.05) is 5.75 Å². The Labute approximate surface area is 79.2 Å². The third-order valence-corrected chi connectivity index (χ3v) is 4.69. The summed E-state index contributed by atoms with van der Waals surface area (Å²) >= 11 is 2.14. The van der Waals surface area contributed by atoms with Gasteiger partial charge < -0.3 is 4.74 Å². The lowest BCUT2D eigenvalue weighted by Crippen LogP contribution is -2.19. The molecule has 0 aromatic heterocycles. The Morgan fingerprint density at radius 1 is 1.25 bits per heavy atom. The summed E-state index contributed by atoms with van der Waals surface area (Å²) in [5.74, 6) is 2.25. The molecule has 4 unspecified atom stereocenters. The van der Waals surface area contributed by atoms with Gasteiger partial charge in [-0.2, -0.15) is 11.8 Å². The van der Waals surface area contributed by atoms with E-state index in [4.69, 9.17) is 4.74 Å². The topological polar surface area (TPSA) is 9.23 Å². The molecule has 2 heteroatoms. The van der Waals surface area contributed by atoms with Gasteiger partial charge in [0.1, 0.15) is 0 Å². The van der Waals surface area contributed by atoms with E-state index < -0.39 is 0 Å². The van der Waals surface area contributed by atoms with Crippen LogP contribution in [0.15, 0.2) is 0 Å². The lowest BCUT2D eigenvalue weighted by Gasteiger charge is -2.13. The normalized spacial score (nSPS) is 46.5. The number of hydrogen-bond acceptors (Lipinski definition) is 2. The molecule has 2 fully saturated rings. The molecule has 0 aromatic rings. The van der Waals surface area contributed by atoms with Gasteiger partial charge in [-0.3, -0.25) is 0 Å². The third kappa shape index (κ3) is 1.29. The second kappa shape index (κ2) is 3.59. The minimum absolute atomic E-state index is 0.562. The van der Waals surface area contributed by atoms with E-state index in [2.05, 4.69) is 25.6 Å². The molecule has 70 valence electrons. The molecule has 0 aromatic carbocycles. The highest BCUT2D eigenvalue weighted by molar-refractivity contribution is 8.00. The van der Waals surface area contributed by atoms with Crippen LogP contribution in [-0.2, 0) is 4.74 Å².